The number of aryl methyl sites for hydroxylation is 3. The molecular formula is C14H15N3O. The van der Waals surface area contributed by atoms with Crippen LogP contribution in [0, 0.1) is 20.8 Å². The Labute approximate surface area is 106 Å². The first-order valence-electron chi connectivity index (χ1n) is 5.69. The SMILES string of the molecule is Cc1cnc(C(=O)c2c(C)ccnc2N)c(C)c1. The maximum Gasteiger partial charge on any atom is 0.215 e. The largest absolute Gasteiger partial charge is 0.383 e. The molecule has 0 unspecified atom stereocenters. The van der Waals surface area contributed by atoms with E-state index in [4.69, 9.17) is 5.73 Å². The first-order chi connectivity index (χ1) is 8.50. The summed E-state index contributed by atoms with van der Waals surface area (Å²) < 4.78 is 0. The molecule has 2 rings (SSSR count). The van der Waals surface area contributed by atoms with Gasteiger partial charge in [0.2, 0.25) is 5.78 Å². The number of anilines is 1. The number of rotatable bonds is 2. The summed E-state index contributed by atoms with van der Waals surface area (Å²) in [4.78, 5) is 20.6. The van der Waals surface area contributed by atoms with E-state index in [2.05, 4.69) is 9.97 Å². The summed E-state index contributed by atoms with van der Waals surface area (Å²) >= 11 is 0. The second-order valence-electron chi connectivity index (χ2n) is 4.40. The molecule has 2 N–H and O–H groups in total. The van der Waals surface area contributed by atoms with Gasteiger partial charge in [-0.15, -0.1) is 0 Å². The molecule has 0 fully saturated rings. The van der Waals surface area contributed by atoms with Gasteiger partial charge in [-0.05, 0) is 43.5 Å². The molecule has 0 aliphatic carbocycles. The van der Waals surface area contributed by atoms with E-state index in [1.54, 1.807) is 18.5 Å². The van der Waals surface area contributed by atoms with Crippen LogP contribution in [0.3, 0.4) is 0 Å². The molecule has 2 heterocycles. The molecule has 0 saturated carbocycles. The van der Waals surface area contributed by atoms with E-state index < -0.39 is 0 Å². The average molecular weight is 241 g/mol. The summed E-state index contributed by atoms with van der Waals surface area (Å²) in [5.41, 5.74) is 9.35. The second kappa shape index (κ2) is 4.56. The Morgan fingerprint density at radius 2 is 1.89 bits per heavy atom. The molecule has 0 bridgehead atoms. The molecule has 2 aromatic rings. The zero-order chi connectivity index (χ0) is 13.3. The predicted octanol–water partition coefficient (Wildman–Crippen LogP) is 2.22. The minimum Gasteiger partial charge on any atom is -0.383 e. The maximum atomic E-state index is 12.4. The van der Waals surface area contributed by atoms with E-state index in [-0.39, 0.29) is 11.6 Å². The van der Waals surface area contributed by atoms with Crippen molar-refractivity contribution < 1.29 is 4.79 Å². The summed E-state index contributed by atoms with van der Waals surface area (Å²) in [5.74, 6) is 0.0809. The first-order valence-corrected chi connectivity index (χ1v) is 5.69. The summed E-state index contributed by atoms with van der Waals surface area (Å²) in [7, 11) is 0. The first kappa shape index (κ1) is 12.2. The van der Waals surface area contributed by atoms with Gasteiger partial charge >= 0.3 is 0 Å². The normalized spacial score (nSPS) is 10.4. The Balaban J connectivity index is 2.55. The summed E-state index contributed by atoms with van der Waals surface area (Å²) in [6.45, 7) is 5.65. The van der Waals surface area contributed by atoms with Crippen molar-refractivity contribution in [1.82, 2.24) is 9.97 Å². The lowest BCUT2D eigenvalue weighted by Gasteiger charge is -2.09. The minimum absolute atomic E-state index is 0.171. The smallest absolute Gasteiger partial charge is 0.215 e. The van der Waals surface area contributed by atoms with Crippen LogP contribution < -0.4 is 5.73 Å². The van der Waals surface area contributed by atoms with E-state index in [0.717, 1.165) is 16.7 Å². The third-order valence-corrected chi connectivity index (χ3v) is 2.85. The van der Waals surface area contributed by atoms with Gasteiger partial charge in [-0.1, -0.05) is 6.07 Å². The Kier molecular flexibility index (Phi) is 3.10. The monoisotopic (exact) mass is 241 g/mol. The van der Waals surface area contributed by atoms with Crippen LogP contribution in [0.2, 0.25) is 0 Å². The van der Waals surface area contributed by atoms with E-state index in [1.807, 2.05) is 26.8 Å². The Morgan fingerprint density at radius 1 is 1.17 bits per heavy atom. The highest BCUT2D eigenvalue weighted by molar-refractivity contribution is 6.12. The molecule has 0 spiro atoms. The number of carbonyl (C=O) groups excluding carboxylic acids is 1. The fourth-order valence-electron chi connectivity index (χ4n) is 1.95. The lowest BCUT2D eigenvalue weighted by Crippen LogP contribution is -2.12. The third kappa shape index (κ3) is 2.09. The summed E-state index contributed by atoms with van der Waals surface area (Å²) in [6.07, 6.45) is 3.28. The second-order valence-corrected chi connectivity index (χ2v) is 4.40. The average Bonchev–Trinajstić information content (AvgIpc) is 2.28. The van der Waals surface area contributed by atoms with Gasteiger partial charge in [0.05, 0.1) is 5.56 Å². The van der Waals surface area contributed by atoms with Crippen molar-refractivity contribution in [3.63, 3.8) is 0 Å². The van der Waals surface area contributed by atoms with Crippen molar-refractivity contribution in [1.29, 1.82) is 0 Å². The van der Waals surface area contributed by atoms with Crippen molar-refractivity contribution in [3.8, 4) is 0 Å². The molecule has 0 saturated heterocycles. The van der Waals surface area contributed by atoms with Gasteiger partial charge < -0.3 is 5.73 Å². The number of hydrogen-bond acceptors (Lipinski definition) is 4. The predicted molar refractivity (Wildman–Crippen MR) is 70.5 cm³/mol. The number of nitrogens with zero attached hydrogens (tertiary/aromatic N) is 2. The molecule has 92 valence electrons. The van der Waals surface area contributed by atoms with Gasteiger partial charge in [0.15, 0.2) is 0 Å². The zero-order valence-electron chi connectivity index (χ0n) is 10.7. The molecule has 0 aromatic carbocycles. The van der Waals surface area contributed by atoms with Gasteiger partial charge in [-0.3, -0.25) is 9.78 Å². The molecule has 0 aliphatic heterocycles. The van der Waals surface area contributed by atoms with Gasteiger partial charge in [-0.25, -0.2) is 4.98 Å². The number of ketones is 1. The molecule has 0 atom stereocenters. The van der Waals surface area contributed by atoms with Crippen molar-refractivity contribution in [2.45, 2.75) is 20.8 Å². The number of nitrogen functional groups attached to an aromatic ring is 1. The van der Waals surface area contributed by atoms with E-state index in [0.29, 0.717) is 11.3 Å². The number of pyridine rings is 2. The van der Waals surface area contributed by atoms with Crippen LogP contribution in [0.1, 0.15) is 32.7 Å². The summed E-state index contributed by atoms with van der Waals surface area (Å²) in [6, 6.07) is 3.70. The standard InChI is InChI=1S/C14H15N3O/c1-8-6-10(3)12(17-7-8)13(18)11-9(2)4-5-16-14(11)15/h4-7H,1-3H3,(H2,15,16). The molecule has 0 aliphatic rings. The van der Waals surface area contributed by atoms with Crippen molar-refractivity contribution in [2.75, 3.05) is 5.73 Å². The Hall–Kier alpha value is -2.23. The molecule has 4 nitrogen and oxygen atoms in total. The molecular weight excluding hydrogens is 226 g/mol. The highest BCUT2D eigenvalue weighted by Crippen LogP contribution is 2.19. The number of nitrogens with two attached hydrogens (primary N) is 1. The third-order valence-electron chi connectivity index (χ3n) is 2.85. The maximum absolute atomic E-state index is 12.4. The molecule has 4 heteroatoms. The van der Waals surface area contributed by atoms with Crippen molar-refractivity contribution in [2.24, 2.45) is 0 Å². The van der Waals surface area contributed by atoms with Crippen LogP contribution in [-0.2, 0) is 0 Å². The Bertz CT molecular complexity index is 600. The molecule has 18 heavy (non-hydrogen) atoms. The Morgan fingerprint density at radius 3 is 2.50 bits per heavy atom. The van der Waals surface area contributed by atoms with E-state index in [9.17, 15) is 4.79 Å². The molecule has 0 radical (unpaired) electrons. The van der Waals surface area contributed by atoms with Gasteiger partial charge in [-0.2, -0.15) is 0 Å². The van der Waals surface area contributed by atoms with Gasteiger partial charge in [0, 0.05) is 12.4 Å². The van der Waals surface area contributed by atoms with Gasteiger partial charge in [0.25, 0.3) is 0 Å². The van der Waals surface area contributed by atoms with Crippen molar-refractivity contribution in [3.05, 3.63) is 52.5 Å². The van der Waals surface area contributed by atoms with Crippen LogP contribution in [0.25, 0.3) is 0 Å². The van der Waals surface area contributed by atoms with Crippen LogP contribution in [-0.4, -0.2) is 15.8 Å². The van der Waals surface area contributed by atoms with Crippen LogP contribution >= 0.6 is 0 Å². The quantitative estimate of drug-likeness (QED) is 0.818. The van der Waals surface area contributed by atoms with Crippen molar-refractivity contribution >= 4 is 11.6 Å². The fourth-order valence-corrected chi connectivity index (χ4v) is 1.95. The number of carbonyl (C=O) groups is 1. The number of aromatic nitrogens is 2. The van der Waals surface area contributed by atoms with Gasteiger partial charge in [0.1, 0.15) is 11.5 Å². The van der Waals surface area contributed by atoms with E-state index >= 15 is 0 Å². The van der Waals surface area contributed by atoms with Crippen LogP contribution in [0.15, 0.2) is 24.5 Å². The molecule has 2 aromatic heterocycles. The fraction of sp³-hybridized carbons (Fsp3) is 0.214. The molecule has 0 amide bonds. The zero-order valence-corrected chi connectivity index (χ0v) is 10.7. The lowest BCUT2D eigenvalue weighted by atomic mass is 10.0. The highest BCUT2D eigenvalue weighted by atomic mass is 16.1. The topological polar surface area (TPSA) is 68.9 Å². The highest BCUT2D eigenvalue weighted by Gasteiger charge is 2.18. The van der Waals surface area contributed by atoms with Crippen LogP contribution in [0.5, 0.6) is 0 Å². The summed E-state index contributed by atoms with van der Waals surface area (Å²) in [5, 5.41) is 0. The minimum atomic E-state index is -0.171. The van der Waals surface area contributed by atoms with Crippen LogP contribution in [0.4, 0.5) is 5.82 Å². The van der Waals surface area contributed by atoms with E-state index in [1.165, 1.54) is 0 Å². The lowest BCUT2D eigenvalue weighted by molar-refractivity contribution is 0.103. The number of hydrogen-bond donors (Lipinski definition) is 1.